The molecule has 2 aromatic carbocycles. The molecule has 1 aliphatic rings. The van der Waals surface area contributed by atoms with Gasteiger partial charge in [0.15, 0.2) is 6.61 Å². The summed E-state index contributed by atoms with van der Waals surface area (Å²) < 4.78 is 5.67. The molecular formula is C24H33N3O2. The van der Waals surface area contributed by atoms with Crippen LogP contribution in [0.15, 0.2) is 42.5 Å². The van der Waals surface area contributed by atoms with Crippen LogP contribution in [0.4, 0.5) is 5.69 Å². The predicted octanol–water partition coefficient (Wildman–Crippen LogP) is 3.88. The van der Waals surface area contributed by atoms with Crippen LogP contribution in [0.2, 0.25) is 0 Å². The molecule has 2 aromatic rings. The van der Waals surface area contributed by atoms with Crippen LogP contribution in [0.1, 0.15) is 36.5 Å². The standard InChI is InChI=1S/C24H33N3O2/c1-18(2)23-10-9-22(15-19(23)3)29-17-24(28)25-21-7-5-20(6-8-21)16-27-13-11-26(4)12-14-27/h5-10,15,18H,11-14,16-17H2,1-4H3,(H,25,28). The van der Waals surface area contributed by atoms with Gasteiger partial charge in [0.2, 0.25) is 0 Å². The second kappa shape index (κ2) is 9.90. The van der Waals surface area contributed by atoms with Crippen molar-refractivity contribution in [3.05, 3.63) is 59.2 Å². The molecule has 1 heterocycles. The van der Waals surface area contributed by atoms with Crippen LogP contribution in [0, 0.1) is 6.92 Å². The highest BCUT2D eigenvalue weighted by molar-refractivity contribution is 5.91. The molecule has 1 amide bonds. The third kappa shape index (κ3) is 6.31. The van der Waals surface area contributed by atoms with Crippen molar-refractivity contribution in [2.24, 2.45) is 0 Å². The molecule has 1 fully saturated rings. The zero-order valence-corrected chi connectivity index (χ0v) is 18.1. The zero-order valence-electron chi connectivity index (χ0n) is 18.1. The van der Waals surface area contributed by atoms with E-state index < -0.39 is 0 Å². The lowest BCUT2D eigenvalue weighted by molar-refractivity contribution is -0.118. The Kier molecular flexibility index (Phi) is 7.29. The average Bonchev–Trinajstić information content (AvgIpc) is 2.69. The Morgan fingerprint density at radius 3 is 2.38 bits per heavy atom. The van der Waals surface area contributed by atoms with Gasteiger partial charge in [0.25, 0.3) is 5.91 Å². The molecule has 1 saturated heterocycles. The molecule has 0 radical (unpaired) electrons. The minimum Gasteiger partial charge on any atom is -0.484 e. The van der Waals surface area contributed by atoms with E-state index in [4.69, 9.17) is 4.74 Å². The third-order valence-corrected chi connectivity index (χ3v) is 5.47. The number of carbonyl (C=O) groups excluding carboxylic acids is 1. The fraction of sp³-hybridized carbons (Fsp3) is 0.458. The van der Waals surface area contributed by atoms with Crippen LogP contribution >= 0.6 is 0 Å². The molecule has 1 N–H and O–H groups in total. The number of benzene rings is 2. The van der Waals surface area contributed by atoms with Gasteiger partial charge in [-0.3, -0.25) is 9.69 Å². The van der Waals surface area contributed by atoms with Gasteiger partial charge in [-0.05, 0) is 60.8 Å². The van der Waals surface area contributed by atoms with Crippen molar-refractivity contribution >= 4 is 11.6 Å². The zero-order chi connectivity index (χ0) is 20.8. The van der Waals surface area contributed by atoms with E-state index in [1.54, 1.807) is 0 Å². The van der Waals surface area contributed by atoms with Crippen molar-refractivity contribution in [1.82, 2.24) is 9.80 Å². The van der Waals surface area contributed by atoms with Crippen LogP contribution < -0.4 is 10.1 Å². The normalized spacial score (nSPS) is 15.5. The maximum Gasteiger partial charge on any atom is 0.262 e. The van der Waals surface area contributed by atoms with Gasteiger partial charge in [0.05, 0.1) is 0 Å². The number of piperazine rings is 1. The van der Waals surface area contributed by atoms with Gasteiger partial charge in [-0.2, -0.15) is 0 Å². The van der Waals surface area contributed by atoms with E-state index in [0.717, 1.165) is 44.2 Å². The molecule has 29 heavy (non-hydrogen) atoms. The number of aryl methyl sites for hydroxylation is 1. The van der Waals surface area contributed by atoms with Gasteiger partial charge in [-0.25, -0.2) is 0 Å². The summed E-state index contributed by atoms with van der Waals surface area (Å²) in [5.41, 5.74) is 4.56. The fourth-order valence-electron chi connectivity index (χ4n) is 3.69. The van der Waals surface area contributed by atoms with Crippen LogP contribution in [-0.4, -0.2) is 55.5 Å². The summed E-state index contributed by atoms with van der Waals surface area (Å²) in [6.45, 7) is 11.8. The van der Waals surface area contributed by atoms with Crippen molar-refractivity contribution in [2.45, 2.75) is 33.2 Å². The molecule has 5 heteroatoms. The Morgan fingerprint density at radius 2 is 1.76 bits per heavy atom. The van der Waals surface area contributed by atoms with Crippen molar-refractivity contribution in [3.63, 3.8) is 0 Å². The summed E-state index contributed by atoms with van der Waals surface area (Å²) in [6.07, 6.45) is 0. The Morgan fingerprint density at radius 1 is 1.07 bits per heavy atom. The first-order valence-electron chi connectivity index (χ1n) is 10.4. The molecule has 156 valence electrons. The summed E-state index contributed by atoms with van der Waals surface area (Å²) in [6, 6.07) is 14.1. The van der Waals surface area contributed by atoms with Crippen LogP contribution in [0.25, 0.3) is 0 Å². The number of likely N-dealkylation sites (N-methyl/N-ethyl adjacent to an activating group) is 1. The maximum atomic E-state index is 12.2. The molecule has 0 bridgehead atoms. The van der Waals surface area contributed by atoms with Gasteiger partial charge < -0.3 is 15.0 Å². The number of rotatable bonds is 7. The maximum absolute atomic E-state index is 12.2. The van der Waals surface area contributed by atoms with E-state index >= 15 is 0 Å². The Balaban J connectivity index is 1.46. The lowest BCUT2D eigenvalue weighted by Gasteiger charge is -2.32. The first-order valence-corrected chi connectivity index (χ1v) is 10.4. The molecule has 0 aromatic heterocycles. The Bertz CT molecular complexity index is 809. The molecule has 0 saturated carbocycles. The molecule has 5 nitrogen and oxygen atoms in total. The van der Waals surface area contributed by atoms with Gasteiger partial charge in [-0.1, -0.05) is 32.0 Å². The highest BCUT2D eigenvalue weighted by atomic mass is 16.5. The Labute approximate surface area is 174 Å². The van der Waals surface area contributed by atoms with Crippen LogP contribution in [0.3, 0.4) is 0 Å². The molecule has 0 aliphatic carbocycles. The summed E-state index contributed by atoms with van der Waals surface area (Å²) >= 11 is 0. The number of nitrogens with one attached hydrogen (secondary N) is 1. The number of ether oxygens (including phenoxy) is 1. The first-order chi connectivity index (χ1) is 13.9. The number of amides is 1. The van der Waals surface area contributed by atoms with Gasteiger partial charge in [0, 0.05) is 38.4 Å². The largest absolute Gasteiger partial charge is 0.484 e. The van der Waals surface area contributed by atoms with Crippen LogP contribution in [-0.2, 0) is 11.3 Å². The summed E-state index contributed by atoms with van der Waals surface area (Å²) in [5.74, 6) is 1.05. The van der Waals surface area contributed by atoms with Crippen molar-refractivity contribution in [2.75, 3.05) is 45.2 Å². The van der Waals surface area contributed by atoms with Crippen molar-refractivity contribution in [1.29, 1.82) is 0 Å². The topological polar surface area (TPSA) is 44.8 Å². The molecule has 0 unspecified atom stereocenters. The van der Waals surface area contributed by atoms with E-state index in [9.17, 15) is 4.79 Å². The van der Waals surface area contributed by atoms with Gasteiger partial charge >= 0.3 is 0 Å². The van der Waals surface area contributed by atoms with E-state index in [0.29, 0.717) is 5.92 Å². The highest BCUT2D eigenvalue weighted by Gasteiger charge is 2.14. The number of nitrogens with zero attached hydrogens (tertiary/aromatic N) is 2. The summed E-state index contributed by atoms with van der Waals surface area (Å²) in [4.78, 5) is 17.1. The van der Waals surface area contributed by atoms with Crippen molar-refractivity contribution in [3.8, 4) is 5.75 Å². The number of hydrogen-bond donors (Lipinski definition) is 1. The molecule has 1 aliphatic heterocycles. The number of hydrogen-bond acceptors (Lipinski definition) is 4. The van der Waals surface area contributed by atoms with Crippen molar-refractivity contribution < 1.29 is 9.53 Å². The summed E-state index contributed by atoms with van der Waals surface area (Å²) in [7, 11) is 2.17. The van der Waals surface area contributed by atoms with E-state index in [2.05, 4.69) is 61.1 Å². The fourth-order valence-corrected chi connectivity index (χ4v) is 3.69. The minimum atomic E-state index is -0.151. The van der Waals surface area contributed by atoms with Crippen LogP contribution in [0.5, 0.6) is 5.75 Å². The predicted molar refractivity (Wildman–Crippen MR) is 119 cm³/mol. The smallest absolute Gasteiger partial charge is 0.262 e. The second-order valence-electron chi connectivity index (χ2n) is 8.29. The van der Waals surface area contributed by atoms with E-state index in [-0.39, 0.29) is 12.5 Å². The minimum absolute atomic E-state index is 0.00348. The van der Waals surface area contributed by atoms with E-state index in [1.807, 2.05) is 24.3 Å². The van der Waals surface area contributed by atoms with Gasteiger partial charge in [0.1, 0.15) is 5.75 Å². The highest BCUT2D eigenvalue weighted by Crippen LogP contribution is 2.23. The Hall–Kier alpha value is -2.37. The first kappa shape index (κ1) is 21.3. The molecule has 0 spiro atoms. The number of anilines is 1. The second-order valence-corrected chi connectivity index (χ2v) is 8.29. The number of carbonyl (C=O) groups is 1. The molecular weight excluding hydrogens is 362 g/mol. The monoisotopic (exact) mass is 395 g/mol. The third-order valence-electron chi connectivity index (χ3n) is 5.47. The lowest BCUT2D eigenvalue weighted by Crippen LogP contribution is -2.43. The van der Waals surface area contributed by atoms with E-state index in [1.165, 1.54) is 16.7 Å². The quantitative estimate of drug-likeness (QED) is 0.773. The van der Waals surface area contributed by atoms with Gasteiger partial charge in [-0.15, -0.1) is 0 Å². The average molecular weight is 396 g/mol. The molecule has 0 atom stereocenters. The lowest BCUT2D eigenvalue weighted by atomic mass is 9.98. The molecule has 3 rings (SSSR count). The SMILES string of the molecule is Cc1cc(OCC(=O)Nc2ccc(CN3CCN(C)CC3)cc2)ccc1C(C)C. The summed E-state index contributed by atoms with van der Waals surface area (Å²) in [5, 5.41) is 2.91.